The summed E-state index contributed by atoms with van der Waals surface area (Å²) in [5.41, 5.74) is 1.11. The summed E-state index contributed by atoms with van der Waals surface area (Å²) < 4.78 is 10.0. The number of methoxy groups -OCH3 is 2. The molecular formula is C9H11BrMgO2. The third-order valence-corrected chi connectivity index (χ3v) is 1.40. The van der Waals surface area contributed by atoms with Crippen LogP contribution in [0.4, 0.5) is 0 Å². The van der Waals surface area contributed by atoms with Crippen molar-refractivity contribution in [3.8, 4) is 11.5 Å². The van der Waals surface area contributed by atoms with E-state index in [-0.39, 0.29) is 40.0 Å². The summed E-state index contributed by atoms with van der Waals surface area (Å²) in [7, 11) is 3.23. The Hall–Kier alpha value is 0.0662. The molecular weight excluding hydrogens is 244 g/mol. The number of hydrogen-bond donors (Lipinski definition) is 0. The fourth-order valence-corrected chi connectivity index (χ4v) is 0.869. The third-order valence-electron chi connectivity index (χ3n) is 1.40. The first kappa shape index (κ1) is 15.5. The normalized spacial score (nSPS) is 7.92. The Labute approximate surface area is 106 Å². The predicted octanol–water partition coefficient (Wildman–Crippen LogP) is -1.56. The zero-order valence-corrected chi connectivity index (χ0v) is 11.1. The van der Waals surface area contributed by atoms with Crippen LogP contribution in [0.5, 0.6) is 11.5 Å². The van der Waals surface area contributed by atoms with Crippen molar-refractivity contribution >= 4 is 23.1 Å². The molecule has 0 heterocycles. The zero-order valence-electron chi connectivity index (χ0n) is 8.06. The number of ether oxygens (including phenoxy) is 2. The van der Waals surface area contributed by atoms with Crippen LogP contribution >= 0.6 is 0 Å². The fraction of sp³-hybridized carbons (Fsp3) is 0.333. The summed E-state index contributed by atoms with van der Waals surface area (Å²) in [6.07, 6.45) is 0. The van der Waals surface area contributed by atoms with Crippen molar-refractivity contribution in [2.45, 2.75) is 6.92 Å². The van der Waals surface area contributed by atoms with E-state index in [2.05, 4.69) is 6.07 Å². The molecule has 0 bridgehead atoms. The van der Waals surface area contributed by atoms with Gasteiger partial charge in [0.2, 0.25) is 0 Å². The fourth-order valence-electron chi connectivity index (χ4n) is 0.869. The summed E-state index contributed by atoms with van der Waals surface area (Å²) in [5, 5.41) is 0. The molecule has 0 aromatic heterocycles. The van der Waals surface area contributed by atoms with Crippen molar-refractivity contribution in [3.05, 3.63) is 23.8 Å². The van der Waals surface area contributed by atoms with Crippen LogP contribution < -0.4 is 26.5 Å². The molecule has 13 heavy (non-hydrogen) atoms. The first-order valence-corrected chi connectivity index (χ1v) is 3.38. The SMILES string of the molecule is COc1[c-]c(OC)cc(C)c1.[Br-].[Mg+2]. The van der Waals surface area contributed by atoms with Crippen molar-refractivity contribution in [2.24, 2.45) is 0 Å². The zero-order chi connectivity index (χ0) is 8.27. The molecule has 0 amide bonds. The van der Waals surface area contributed by atoms with E-state index in [4.69, 9.17) is 9.47 Å². The van der Waals surface area contributed by atoms with E-state index in [0.29, 0.717) is 11.5 Å². The van der Waals surface area contributed by atoms with E-state index in [0.717, 1.165) is 5.56 Å². The van der Waals surface area contributed by atoms with Gasteiger partial charge in [-0.2, -0.15) is 5.56 Å². The van der Waals surface area contributed by atoms with Gasteiger partial charge in [0, 0.05) is 11.5 Å². The van der Waals surface area contributed by atoms with Gasteiger partial charge in [-0.25, -0.2) is 0 Å². The van der Waals surface area contributed by atoms with E-state index < -0.39 is 0 Å². The second-order valence-corrected chi connectivity index (χ2v) is 2.29. The van der Waals surface area contributed by atoms with Gasteiger partial charge in [-0.05, 0) is 0 Å². The molecule has 1 aromatic carbocycles. The van der Waals surface area contributed by atoms with Gasteiger partial charge in [0.15, 0.2) is 0 Å². The Morgan fingerprint density at radius 1 is 1.08 bits per heavy atom. The standard InChI is InChI=1S/C9H11O2.BrH.Mg/c1-7-4-8(10-2)6-9(5-7)11-3;;/h4-5H,1-3H3;1H;/q-1;;+2/p-1. The maximum atomic E-state index is 5.00. The molecule has 0 aliphatic rings. The van der Waals surface area contributed by atoms with E-state index in [1.54, 1.807) is 14.2 Å². The quantitative estimate of drug-likeness (QED) is 0.470. The molecule has 0 unspecified atom stereocenters. The minimum atomic E-state index is 0. The Bertz CT molecular complexity index is 231. The van der Waals surface area contributed by atoms with Crippen LogP contribution in [0.1, 0.15) is 5.56 Å². The average molecular weight is 255 g/mol. The first-order valence-electron chi connectivity index (χ1n) is 3.38. The predicted molar refractivity (Wildman–Crippen MR) is 48.9 cm³/mol. The van der Waals surface area contributed by atoms with E-state index in [9.17, 15) is 0 Å². The van der Waals surface area contributed by atoms with Crippen molar-refractivity contribution in [1.82, 2.24) is 0 Å². The van der Waals surface area contributed by atoms with Crippen molar-refractivity contribution in [1.29, 1.82) is 0 Å². The first-order chi connectivity index (χ1) is 5.26. The average Bonchev–Trinajstić information content (AvgIpc) is 2.03. The van der Waals surface area contributed by atoms with Crippen molar-refractivity contribution in [2.75, 3.05) is 14.2 Å². The van der Waals surface area contributed by atoms with Crippen LogP contribution in [-0.4, -0.2) is 37.3 Å². The summed E-state index contributed by atoms with van der Waals surface area (Å²) in [4.78, 5) is 0. The van der Waals surface area contributed by atoms with E-state index >= 15 is 0 Å². The second-order valence-electron chi connectivity index (χ2n) is 2.29. The number of benzene rings is 1. The van der Waals surface area contributed by atoms with Gasteiger partial charge in [0.1, 0.15) is 0 Å². The number of rotatable bonds is 2. The van der Waals surface area contributed by atoms with Crippen LogP contribution in [0, 0.1) is 13.0 Å². The summed E-state index contributed by atoms with van der Waals surface area (Å²) in [6.45, 7) is 1.98. The van der Waals surface area contributed by atoms with Gasteiger partial charge in [-0.1, -0.05) is 13.0 Å². The molecule has 0 spiro atoms. The minimum Gasteiger partial charge on any atom is -1.00 e. The molecule has 0 fully saturated rings. The maximum absolute atomic E-state index is 5.00. The molecule has 4 heteroatoms. The third kappa shape index (κ3) is 4.74. The monoisotopic (exact) mass is 254 g/mol. The van der Waals surface area contributed by atoms with Gasteiger partial charge in [0.25, 0.3) is 0 Å². The molecule has 0 N–H and O–H groups in total. The number of hydrogen-bond acceptors (Lipinski definition) is 2. The van der Waals surface area contributed by atoms with Gasteiger partial charge >= 0.3 is 23.1 Å². The maximum Gasteiger partial charge on any atom is 2.00 e. The summed E-state index contributed by atoms with van der Waals surface area (Å²) in [5.74, 6) is 1.42. The Morgan fingerprint density at radius 3 is 1.77 bits per heavy atom. The number of aryl methyl sites for hydroxylation is 1. The smallest absolute Gasteiger partial charge is 1.00 e. The molecule has 0 aliphatic heterocycles. The van der Waals surface area contributed by atoms with Gasteiger partial charge in [0.05, 0.1) is 14.2 Å². The molecule has 0 saturated heterocycles. The van der Waals surface area contributed by atoms with Crippen LogP contribution in [0.3, 0.4) is 0 Å². The molecule has 2 nitrogen and oxygen atoms in total. The number of halogens is 1. The largest absolute Gasteiger partial charge is 2.00 e. The van der Waals surface area contributed by atoms with E-state index in [1.165, 1.54) is 0 Å². The molecule has 1 rings (SSSR count). The van der Waals surface area contributed by atoms with Gasteiger partial charge < -0.3 is 26.5 Å². The van der Waals surface area contributed by atoms with E-state index in [1.807, 2.05) is 19.1 Å². The van der Waals surface area contributed by atoms with Gasteiger partial charge in [-0.3, -0.25) is 0 Å². The van der Waals surface area contributed by atoms with Crippen molar-refractivity contribution in [3.63, 3.8) is 0 Å². The molecule has 0 radical (unpaired) electrons. The molecule has 0 atom stereocenters. The van der Waals surface area contributed by atoms with Crippen LogP contribution in [0.2, 0.25) is 0 Å². The molecule has 0 aliphatic carbocycles. The molecule has 0 saturated carbocycles. The minimum absolute atomic E-state index is 0. The molecule has 68 valence electrons. The second kappa shape index (κ2) is 7.47. The Balaban J connectivity index is 0. The van der Waals surface area contributed by atoms with Gasteiger partial charge in [-0.15, -0.1) is 12.1 Å². The Morgan fingerprint density at radius 2 is 1.46 bits per heavy atom. The Kier molecular flexibility index (Phi) is 8.92. The van der Waals surface area contributed by atoms with Crippen molar-refractivity contribution < 1.29 is 26.5 Å². The van der Waals surface area contributed by atoms with Crippen LogP contribution in [-0.2, 0) is 0 Å². The van der Waals surface area contributed by atoms with Crippen LogP contribution in [0.15, 0.2) is 12.1 Å². The summed E-state index contributed by atoms with van der Waals surface area (Å²) >= 11 is 0. The topological polar surface area (TPSA) is 18.5 Å². The van der Waals surface area contributed by atoms with Crippen LogP contribution in [0.25, 0.3) is 0 Å². The molecule has 1 aromatic rings. The summed E-state index contributed by atoms with van der Waals surface area (Å²) in [6, 6.07) is 6.75.